The molecule has 2 fully saturated rings. The minimum atomic E-state index is -3.46. The number of hydrogen-bond acceptors (Lipinski definition) is 7. The molecule has 36 heavy (non-hydrogen) atoms. The van der Waals surface area contributed by atoms with E-state index in [-0.39, 0.29) is 35.5 Å². The highest BCUT2D eigenvalue weighted by molar-refractivity contribution is 7.90. The van der Waals surface area contributed by atoms with Crippen molar-refractivity contribution >= 4 is 33.1 Å². The molecule has 1 unspecified atom stereocenters. The summed E-state index contributed by atoms with van der Waals surface area (Å²) in [4.78, 5) is 45.2. The summed E-state index contributed by atoms with van der Waals surface area (Å²) >= 11 is 0. The molecule has 10 heteroatoms. The standard InChI is InChI=1S/C26H32N4O5S/c1-36(34,35)23-8-4-3-7-21(23)30-16-11-20(22(31)18-30)28-25(33)26(12-5-2-6-13-26)29-24(32)17-19-9-14-27-15-10-19/h3-4,7-10,14-15,20H,2,5-6,11-13,16-18H2,1H3,(H,28,33)(H,29,32). The Labute approximate surface area is 211 Å². The van der Waals surface area contributed by atoms with Crippen molar-refractivity contribution in [2.45, 2.75) is 61.4 Å². The van der Waals surface area contributed by atoms with Gasteiger partial charge in [0.2, 0.25) is 11.8 Å². The predicted molar refractivity (Wildman–Crippen MR) is 135 cm³/mol. The molecular formula is C26H32N4O5S. The van der Waals surface area contributed by atoms with Crippen LogP contribution in [0.15, 0.2) is 53.7 Å². The van der Waals surface area contributed by atoms with E-state index in [9.17, 15) is 22.8 Å². The van der Waals surface area contributed by atoms with Crippen molar-refractivity contribution in [3.05, 3.63) is 54.4 Å². The van der Waals surface area contributed by atoms with Gasteiger partial charge >= 0.3 is 0 Å². The van der Waals surface area contributed by atoms with Crippen LogP contribution in [0.4, 0.5) is 5.69 Å². The summed E-state index contributed by atoms with van der Waals surface area (Å²) in [5.41, 5.74) is 0.263. The minimum Gasteiger partial charge on any atom is -0.363 e. The van der Waals surface area contributed by atoms with E-state index >= 15 is 0 Å². The maximum absolute atomic E-state index is 13.5. The van der Waals surface area contributed by atoms with Gasteiger partial charge in [0.15, 0.2) is 15.6 Å². The Morgan fingerprint density at radius 3 is 2.44 bits per heavy atom. The van der Waals surface area contributed by atoms with Crippen LogP contribution in [-0.4, -0.2) is 61.9 Å². The van der Waals surface area contributed by atoms with Gasteiger partial charge in [-0.3, -0.25) is 19.4 Å². The Morgan fingerprint density at radius 1 is 1.08 bits per heavy atom. The summed E-state index contributed by atoms with van der Waals surface area (Å²) in [6.45, 7) is 0.420. The van der Waals surface area contributed by atoms with Gasteiger partial charge in [-0.15, -0.1) is 0 Å². The largest absolute Gasteiger partial charge is 0.363 e. The summed E-state index contributed by atoms with van der Waals surface area (Å²) in [5.74, 6) is -0.752. The van der Waals surface area contributed by atoms with Crippen LogP contribution in [-0.2, 0) is 30.6 Å². The van der Waals surface area contributed by atoms with Gasteiger partial charge in [0, 0.05) is 25.2 Å². The van der Waals surface area contributed by atoms with Crippen LogP contribution in [0.2, 0.25) is 0 Å². The first kappa shape index (κ1) is 25.8. The molecule has 1 aliphatic carbocycles. The van der Waals surface area contributed by atoms with Gasteiger partial charge in [-0.05, 0) is 49.1 Å². The number of aromatic nitrogens is 1. The Morgan fingerprint density at radius 2 is 1.78 bits per heavy atom. The van der Waals surface area contributed by atoms with Crippen LogP contribution in [0.3, 0.4) is 0 Å². The van der Waals surface area contributed by atoms with Crippen molar-refractivity contribution in [1.82, 2.24) is 15.6 Å². The zero-order chi connectivity index (χ0) is 25.8. The third-order valence-electron chi connectivity index (χ3n) is 6.97. The molecule has 1 aromatic carbocycles. The fourth-order valence-electron chi connectivity index (χ4n) is 5.07. The molecule has 4 rings (SSSR count). The molecule has 0 spiro atoms. The fourth-order valence-corrected chi connectivity index (χ4v) is 5.97. The van der Waals surface area contributed by atoms with Crippen LogP contribution in [0.25, 0.3) is 0 Å². The number of benzene rings is 1. The van der Waals surface area contributed by atoms with E-state index in [4.69, 9.17) is 0 Å². The fraction of sp³-hybridized carbons (Fsp3) is 0.462. The lowest BCUT2D eigenvalue weighted by molar-refractivity contribution is -0.137. The van der Waals surface area contributed by atoms with E-state index in [0.717, 1.165) is 31.1 Å². The Balaban J connectivity index is 1.43. The highest BCUT2D eigenvalue weighted by Gasteiger charge is 2.43. The first-order valence-corrected chi connectivity index (χ1v) is 14.1. The molecule has 2 amide bonds. The van der Waals surface area contributed by atoms with E-state index in [2.05, 4.69) is 15.6 Å². The van der Waals surface area contributed by atoms with E-state index in [1.165, 1.54) is 6.07 Å². The predicted octanol–water partition coefficient (Wildman–Crippen LogP) is 1.81. The molecule has 9 nitrogen and oxygen atoms in total. The molecular weight excluding hydrogens is 480 g/mol. The smallest absolute Gasteiger partial charge is 0.246 e. The maximum Gasteiger partial charge on any atom is 0.246 e. The van der Waals surface area contributed by atoms with Crippen molar-refractivity contribution < 1.29 is 22.8 Å². The number of anilines is 1. The molecule has 192 valence electrons. The monoisotopic (exact) mass is 512 g/mol. The normalized spacial score (nSPS) is 20.0. The number of hydrogen-bond donors (Lipinski definition) is 2. The zero-order valence-electron chi connectivity index (χ0n) is 20.4. The van der Waals surface area contributed by atoms with Crippen molar-refractivity contribution in [3.63, 3.8) is 0 Å². The van der Waals surface area contributed by atoms with Gasteiger partial charge in [-0.25, -0.2) is 8.42 Å². The Kier molecular flexibility index (Phi) is 7.73. The summed E-state index contributed by atoms with van der Waals surface area (Å²) in [6.07, 6.45) is 8.56. The number of para-hydroxylation sites is 1. The van der Waals surface area contributed by atoms with Crippen LogP contribution >= 0.6 is 0 Å². The number of rotatable bonds is 7. The number of sulfone groups is 1. The van der Waals surface area contributed by atoms with Crippen molar-refractivity contribution in [2.75, 3.05) is 24.2 Å². The van der Waals surface area contributed by atoms with Gasteiger partial charge in [0.1, 0.15) is 5.54 Å². The highest BCUT2D eigenvalue weighted by Crippen LogP contribution is 2.30. The molecule has 1 saturated heterocycles. The molecule has 0 bridgehead atoms. The molecule has 1 saturated carbocycles. The van der Waals surface area contributed by atoms with Gasteiger partial charge in [-0.1, -0.05) is 31.4 Å². The number of piperidine rings is 1. The second-order valence-electron chi connectivity index (χ2n) is 9.67. The zero-order valence-corrected chi connectivity index (χ0v) is 21.2. The van der Waals surface area contributed by atoms with Crippen LogP contribution in [0, 0.1) is 0 Å². The SMILES string of the molecule is CS(=O)(=O)c1ccccc1N1CCC(NC(=O)C2(NC(=O)Cc3ccncc3)CCCCC2)C(=O)C1. The third kappa shape index (κ3) is 5.92. The lowest BCUT2D eigenvalue weighted by Gasteiger charge is -2.39. The molecule has 1 aromatic heterocycles. The summed E-state index contributed by atoms with van der Waals surface area (Å²) in [5, 5.41) is 5.89. The Bertz CT molecular complexity index is 1230. The quantitative estimate of drug-likeness (QED) is 0.580. The number of amides is 2. The number of carbonyl (C=O) groups is 3. The molecule has 2 heterocycles. The number of nitrogens with zero attached hydrogens (tertiary/aromatic N) is 2. The average molecular weight is 513 g/mol. The number of pyridine rings is 1. The summed E-state index contributed by atoms with van der Waals surface area (Å²) < 4.78 is 24.4. The maximum atomic E-state index is 13.5. The second-order valence-corrected chi connectivity index (χ2v) is 11.6. The van der Waals surface area contributed by atoms with Crippen LogP contribution in [0.5, 0.6) is 0 Å². The molecule has 2 N–H and O–H groups in total. The van der Waals surface area contributed by atoms with Gasteiger partial charge < -0.3 is 15.5 Å². The third-order valence-corrected chi connectivity index (χ3v) is 8.11. The molecule has 0 radical (unpaired) electrons. The molecule has 2 aliphatic rings. The highest BCUT2D eigenvalue weighted by atomic mass is 32.2. The van der Waals surface area contributed by atoms with Gasteiger partial charge in [0.05, 0.1) is 29.6 Å². The van der Waals surface area contributed by atoms with Crippen LogP contribution in [0.1, 0.15) is 44.1 Å². The topological polar surface area (TPSA) is 126 Å². The van der Waals surface area contributed by atoms with Crippen molar-refractivity contribution in [3.8, 4) is 0 Å². The first-order chi connectivity index (χ1) is 17.2. The molecule has 2 aromatic rings. The number of Topliss-reactive ketones (excluding diaryl/α,β-unsaturated/α-hetero) is 1. The van der Waals surface area contributed by atoms with Gasteiger partial charge in [0.25, 0.3) is 0 Å². The van der Waals surface area contributed by atoms with Gasteiger partial charge in [-0.2, -0.15) is 0 Å². The number of ketones is 1. The first-order valence-electron chi connectivity index (χ1n) is 12.3. The van der Waals surface area contributed by atoms with Crippen LogP contribution < -0.4 is 15.5 Å². The van der Waals surface area contributed by atoms with E-state index < -0.39 is 21.4 Å². The molecule has 1 atom stereocenters. The lowest BCUT2D eigenvalue weighted by atomic mass is 9.80. The van der Waals surface area contributed by atoms with Crippen molar-refractivity contribution in [2.24, 2.45) is 0 Å². The van der Waals surface area contributed by atoms with E-state index in [1.54, 1.807) is 47.6 Å². The molecule has 1 aliphatic heterocycles. The minimum absolute atomic E-state index is 0.00111. The number of nitrogens with one attached hydrogen (secondary N) is 2. The second kappa shape index (κ2) is 10.8. The summed E-state index contributed by atoms with van der Waals surface area (Å²) in [7, 11) is -3.46. The van der Waals surface area contributed by atoms with E-state index in [0.29, 0.717) is 31.5 Å². The average Bonchev–Trinajstić information content (AvgIpc) is 2.86. The lowest BCUT2D eigenvalue weighted by Crippen LogP contribution is -2.63. The van der Waals surface area contributed by atoms with Crippen molar-refractivity contribution in [1.29, 1.82) is 0 Å². The summed E-state index contributed by atoms with van der Waals surface area (Å²) in [6, 6.07) is 9.46. The van der Waals surface area contributed by atoms with E-state index in [1.807, 2.05) is 0 Å². The number of carbonyl (C=O) groups excluding carboxylic acids is 3. The Hall–Kier alpha value is -3.27.